The van der Waals surface area contributed by atoms with Crippen LogP contribution in [0.2, 0.25) is 0 Å². The number of halogens is 1. The van der Waals surface area contributed by atoms with Gasteiger partial charge in [0.25, 0.3) is 0 Å². The Balaban J connectivity index is 1.91. The van der Waals surface area contributed by atoms with E-state index < -0.39 is 0 Å². The number of ether oxygens (including phenoxy) is 1. The smallest absolute Gasteiger partial charge is 0.169 e. The van der Waals surface area contributed by atoms with Gasteiger partial charge in [-0.15, -0.1) is 0 Å². The first-order valence-electron chi connectivity index (χ1n) is 5.13. The largest absolute Gasteiger partial charge is 0.457 e. The average Bonchev–Trinajstić information content (AvgIpc) is 2.65. The second-order valence-electron chi connectivity index (χ2n) is 3.76. The van der Waals surface area contributed by atoms with Gasteiger partial charge >= 0.3 is 0 Å². The van der Waals surface area contributed by atoms with Crippen LogP contribution < -0.4 is 0 Å². The molecule has 0 amide bonds. The van der Waals surface area contributed by atoms with E-state index in [0.717, 1.165) is 24.8 Å². The van der Waals surface area contributed by atoms with E-state index in [9.17, 15) is 4.79 Å². The molecule has 0 aliphatic carbocycles. The van der Waals surface area contributed by atoms with E-state index in [-0.39, 0.29) is 11.9 Å². The van der Waals surface area contributed by atoms with Gasteiger partial charge < -0.3 is 9.15 Å². The predicted octanol–water partition coefficient (Wildman–Crippen LogP) is 2.72. The van der Waals surface area contributed by atoms with Gasteiger partial charge in [0.1, 0.15) is 6.10 Å². The minimum Gasteiger partial charge on any atom is -0.457 e. The lowest BCUT2D eigenvalue weighted by atomic mass is 10.0. The Hall–Kier alpha value is -0.610. The van der Waals surface area contributed by atoms with Crippen LogP contribution in [0.25, 0.3) is 0 Å². The summed E-state index contributed by atoms with van der Waals surface area (Å²) in [5.74, 6) is 0.156. The van der Waals surface area contributed by atoms with E-state index in [1.165, 1.54) is 0 Å². The third-order valence-electron chi connectivity index (χ3n) is 2.54. The van der Waals surface area contributed by atoms with Gasteiger partial charge in [0, 0.05) is 13.0 Å². The lowest BCUT2D eigenvalue weighted by Crippen LogP contribution is -2.29. The number of Topliss-reactive ketones (excluding diaryl/α,β-unsaturated/α-hetero) is 1. The van der Waals surface area contributed by atoms with Crippen molar-refractivity contribution in [2.24, 2.45) is 0 Å². The molecule has 0 bridgehead atoms. The number of carbonyl (C=O) groups excluding carboxylic acids is 1. The van der Waals surface area contributed by atoms with E-state index >= 15 is 0 Å². The summed E-state index contributed by atoms with van der Waals surface area (Å²) in [6.45, 7) is 0.714. The summed E-state index contributed by atoms with van der Waals surface area (Å²) in [5, 5.41) is 0. The Morgan fingerprint density at radius 3 is 3.00 bits per heavy atom. The highest BCUT2D eigenvalue weighted by Gasteiger charge is 2.22. The summed E-state index contributed by atoms with van der Waals surface area (Å²) >= 11 is 3.21. The fraction of sp³-hybridized carbons (Fsp3) is 0.545. The fourth-order valence-electron chi connectivity index (χ4n) is 1.75. The van der Waals surface area contributed by atoms with E-state index in [1.54, 1.807) is 6.26 Å². The second kappa shape index (κ2) is 4.94. The van der Waals surface area contributed by atoms with Crippen molar-refractivity contribution in [2.75, 3.05) is 6.61 Å². The third kappa shape index (κ3) is 2.92. The maximum Gasteiger partial charge on any atom is 0.169 e. The van der Waals surface area contributed by atoms with Crippen LogP contribution in [0.15, 0.2) is 21.4 Å². The van der Waals surface area contributed by atoms with Crippen LogP contribution in [0.1, 0.15) is 24.8 Å². The first-order valence-corrected chi connectivity index (χ1v) is 5.92. The Morgan fingerprint density at radius 1 is 1.53 bits per heavy atom. The number of ketones is 1. The second-order valence-corrected chi connectivity index (χ2v) is 4.54. The molecule has 3 nitrogen and oxygen atoms in total. The molecule has 4 heteroatoms. The molecular weight excluding hydrogens is 260 g/mol. The highest BCUT2D eigenvalue weighted by atomic mass is 79.9. The molecule has 1 aromatic heterocycles. The van der Waals surface area contributed by atoms with E-state index in [2.05, 4.69) is 15.9 Å². The zero-order valence-corrected chi connectivity index (χ0v) is 9.96. The molecule has 0 aromatic carbocycles. The van der Waals surface area contributed by atoms with Crippen molar-refractivity contribution in [1.82, 2.24) is 0 Å². The van der Waals surface area contributed by atoms with Crippen LogP contribution >= 0.6 is 15.9 Å². The Kier molecular flexibility index (Phi) is 3.59. The van der Waals surface area contributed by atoms with Gasteiger partial charge in [0.2, 0.25) is 0 Å². The number of hydrogen-bond donors (Lipinski definition) is 0. The van der Waals surface area contributed by atoms with Crippen LogP contribution in [-0.4, -0.2) is 18.5 Å². The van der Waals surface area contributed by atoms with Gasteiger partial charge in [-0.05, 0) is 46.8 Å². The number of carbonyl (C=O) groups is 1. The molecule has 2 heterocycles. The monoisotopic (exact) mass is 272 g/mol. The molecule has 1 fully saturated rings. The van der Waals surface area contributed by atoms with Gasteiger partial charge in [-0.1, -0.05) is 0 Å². The van der Waals surface area contributed by atoms with Gasteiger partial charge in [-0.3, -0.25) is 4.79 Å². The van der Waals surface area contributed by atoms with Gasteiger partial charge in [-0.25, -0.2) is 0 Å². The van der Waals surface area contributed by atoms with Crippen LogP contribution in [-0.2, 0) is 16.0 Å². The molecule has 1 saturated heterocycles. The third-order valence-corrected chi connectivity index (χ3v) is 2.95. The normalized spacial score (nSPS) is 21.5. The summed E-state index contributed by atoms with van der Waals surface area (Å²) < 4.78 is 11.2. The quantitative estimate of drug-likeness (QED) is 0.850. The summed E-state index contributed by atoms with van der Waals surface area (Å²) in [6, 6.07) is 1.82. The van der Waals surface area contributed by atoms with Crippen LogP contribution in [0.3, 0.4) is 0 Å². The molecule has 0 saturated carbocycles. The van der Waals surface area contributed by atoms with Crippen molar-refractivity contribution in [3.05, 3.63) is 22.6 Å². The van der Waals surface area contributed by atoms with Gasteiger partial charge in [0.05, 0.1) is 6.26 Å². The molecule has 0 spiro atoms. The lowest BCUT2D eigenvalue weighted by molar-refractivity contribution is -0.132. The topological polar surface area (TPSA) is 39.4 Å². The van der Waals surface area contributed by atoms with Crippen LogP contribution in [0.4, 0.5) is 0 Å². The summed E-state index contributed by atoms with van der Waals surface area (Å²) in [4.78, 5) is 11.8. The molecule has 0 N–H and O–H groups in total. The molecular formula is C11H13BrO3. The molecule has 1 aliphatic rings. The van der Waals surface area contributed by atoms with Crippen molar-refractivity contribution < 1.29 is 13.9 Å². The Morgan fingerprint density at radius 2 is 2.40 bits per heavy atom. The maximum atomic E-state index is 11.8. The molecule has 15 heavy (non-hydrogen) atoms. The molecule has 1 aromatic rings. The van der Waals surface area contributed by atoms with Gasteiger partial charge in [0.15, 0.2) is 10.5 Å². The summed E-state index contributed by atoms with van der Waals surface area (Å²) in [7, 11) is 0. The summed E-state index contributed by atoms with van der Waals surface area (Å²) in [6.07, 6.45) is 4.82. The van der Waals surface area contributed by atoms with Crippen molar-refractivity contribution in [3.63, 3.8) is 0 Å². The first kappa shape index (κ1) is 10.9. The minimum absolute atomic E-state index is 0.156. The predicted molar refractivity (Wildman–Crippen MR) is 58.7 cm³/mol. The SMILES string of the molecule is O=C(Cc1coc(Br)c1)C1CCCCO1. The Bertz CT molecular complexity index is 339. The van der Waals surface area contributed by atoms with E-state index in [1.807, 2.05) is 6.07 Å². The van der Waals surface area contributed by atoms with Crippen molar-refractivity contribution in [2.45, 2.75) is 31.8 Å². The Labute approximate surface area is 96.9 Å². The lowest BCUT2D eigenvalue weighted by Gasteiger charge is -2.20. The average molecular weight is 273 g/mol. The maximum absolute atomic E-state index is 11.8. The van der Waals surface area contributed by atoms with Crippen molar-refractivity contribution in [3.8, 4) is 0 Å². The summed E-state index contributed by atoms with van der Waals surface area (Å²) in [5.41, 5.74) is 0.904. The van der Waals surface area contributed by atoms with E-state index in [4.69, 9.17) is 9.15 Å². The molecule has 0 radical (unpaired) electrons. The standard InChI is InChI=1S/C11H13BrO3/c12-11-6-8(7-15-11)5-9(13)10-3-1-2-4-14-10/h6-7,10H,1-5H2. The molecule has 1 aliphatic heterocycles. The minimum atomic E-state index is -0.201. The van der Waals surface area contributed by atoms with Crippen LogP contribution in [0, 0.1) is 0 Å². The highest BCUT2D eigenvalue weighted by molar-refractivity contribution is 9.10. The number of rotatable bonds is 3. The molecule has 2 rings (SSSR count). The van der Waals surface area contributed by atoms with Gasteiger partial charge in [-0.2, -0.15) is 0 Å². The first-order chi connectivity index (χ1) is 7.25. The van der Waals surface area contributed by atoms with Crippen molar-refractivity contribution in [1.29, 1.82) is 0 Å². The van der Waals surface area contributed by atoms with Crippen LogP contribution in [0.5, 0.6) is 0 Å². The van der Waals surface area contributed by atoms with Crippen molar-refractivity contribution >= 4 is 21.7 Å². The fourth-order valence-corrected chi connectivity index (χ4v) is 2.14. The molecule has 82 valence electrons. The number of hydrogen-bond acceptors (Lipinski definition) is 3. The molecule has 1 atom stereocenters. The van der Waals surface area contributed by atoms with E-state index in [0.29, 0.717) is 17.7 Å². The number of furan rings is 1. The highest BCUT2D eigenvalue weighted by Crippen LogP contribution is 2.18. The zero-order chi connectivity index (χ0) is 10.7. The molecule has 1 unspecified atom stereocenters. The zero-order valence-electron chi connectivity index (χ0n) is 8.37.